The molecule has 3 heterocycles. The maximum absolute atomic E-state index is 13.0. The van der Waals surface area contributed by atoms with Crippen LogP contribution in [0.3, 0.4) is 0 Å². The Morgan fingerprint density at radius 1 is 1.09 bits per heavy atom. The van der Waals surface area contributed by atoms with E-state index in [4.69, 9.17) is 14.2 Å². The van der Waals surface area contributed by atoms with Gasteiger partial charge in [-0.05, 0) is 55.7 Å². The van der Waals surface area contributed by atoms with Crippen molar-refractivity contribution in [1.29, 1.82) is 0 Å². The summed E-state index contributed by atoms with van der Waals surface area (Å²) < 4.78 is 17.8. The van der Waals surface area contributed by atoms with Gasteiger partial charge in [-0.1, -0.05) is 18.9 Å². The first kappa shape index (κ1) is 22.9. The lowest BCUT2D eigenvalue weighted by Gasteiger charge is -2.17. The molecule has 9 heteroatoms. The largest absolute Gasteiger partial charge is 0.454 e. The van der Waals surface area contributed by atoms with E-state index in [2.05, 4.69) is 10.3 Å². The van der Waals surface area contributed by atoms with Gasteiger partial charge >= 0.3 is 5.97 Å². The maximum Gasteiger partial charge on any atom is 0.338 e. The monoisotopic (exact) mass is 477 g/mol. The molecule has 5 rings (SSSR count). The van der Waals surface area contributed by atoms with E-state index in [1.165, 1.54) is 6.92 Å². The van der Waals surface area contributed by atoms with E-state index in [-0.39, 0.29) is 24.5 Å². The molecule has 1 aromatic heterocycles. The number of benzene rings is 2. The molecule has 182 valence electrons. The van der Waals surface area contributed by atoms with Gasteiger partial charge < -0.3 is 19.5 Å². The number of hydrogen-bond acceptors (Lipinski definition) is 7. The van der Waals surface area contributed by atoms with E-state index in [0.29, 0.717) is 28.9 Å². The summed E-state index contributed by atoms with van der Waals surface area (Å²) in [6.07, 6.45) is 3.91. The van der Waals surface area contributed by atoms with Gasteiger partial charge in [0.2, 0.25) is 6.79 Å². The zero-order chi connectivity index (χ0) is 24.4. The van der Waals surface area contributed by atoms with Gasteiger partial charge in [-0.3, -0.25) is 14.2 Å². The molecular weight excluding hydrogens is 450 g/mol. The molecule has 1 unspecified atom stereocenters. The van der Waals surface area contributed by atoms with Crippen LogP contribution in [-0.4, -0.2) is 34.3 Å². The Labute approximate surface area is 202 Å². The molecule has 1 atom stereocenters. The summed E-state index contributed by atoms with van der Waals surface area (Å²) in [6.45, 7) is 2.62. The maximum atomic E-state index is 13.0. The third kappa shape index (κ3) is 4.84. The molecular formula is C26H27N3O6. The minimum absolute atomic E-state index is 0.0805. The summed E-state index contributed by atoms with van der Waals surface area (Å²) >= 11 is 0. The molecule has 0 saturated heterocycles. The number of ether oxygens (including phenoxy) is 3. The van der Waals surface area contributed by atoms with Crippen LogP contribution < -0.4 is 20.3 Å². The van der Waals surface area contributed by atoms with Crippen LogP contribution in [0.25, 0.3) is 10.9 Å². The molecule has 1 N–H and O–H groups in total. The highest BCUT2D eigenvalue weighted by Gasteiger charge is 2.21. The van der Waals surface area contributed by atoms with Crippen molar-refractivity contribution in [3.63, 3.8) is 0 Å². The number of amides is 1. The lowest BCUT2D eigenvalue weighted by atomic mass is 10.1. The van der Waals surface area contributed by atoms with Crippen molar-refractivity contribution in [2.45, 2.75) is 58.2 Å². The fraction of sp³-hybridized carbons (Fsp3) is 0.385. The SMILES string of the molecule is CC(OC(=O)c1ccc2c(=O)n3c(nc2c1)CCCCCC3)C(=O)NCc1ccc2c(c1)OCO2. The van der Waals surface area contributed by atoms with Crippen LogP contribution in [0.2, 0.25) is 0 Å². The van der Waals surface area contributed by atoms with Gasteiger partial charge in [-0.2, -0.15) is 0 Å². The second-order valence-electron chi connectivity index (χ2n) is 8.83. The van der Waals surface area contributed by atoms with Crippen LogP contribution in [0.4, 0.5) is 0 Å². The highest BCUT2D eigenvalue weighted by atomic mass is 16.7. The van der Waals surface area contributed by atoms with E-state index in [1.807, 2.05) is 6.07 Å². The highest BCUT2D eigenvalue weighted by Crippen LogP contribution is 2.32. The number of fused-ring (bicyclic) bond motifs is 3. The summed E-state index contributed by atoms with van der Waals surface area (Å²) in [5.74, 6) is 0.986. The molecule has 0 radical (unpaired) electrons. The molecule has 0 fully saturated rings. The quantitative estimate of drug-likeness (QED) is 0.563. The van der Waals surface area contributed by atoms with Crippen LogP contribution in [0.5, 0.6) is 11.5 Å². The summed E-state index contributed by atoms with van der Waals surface area (Å²) in [6, 6.07) is 10.1. The molecule has 0 bridgehead atoms. The summed E-state index contributed by atoms with van der Waals surface area (Å²) in [7, 11) is 0. The summed E-state index contributed by atoms with van der Waals surface area (Å²) in [5, 5.41) is 3.23. The van der Waals surface area contributed by atoms with Crippen molar-refractivity contribution in [2.75, 3.05) is 6.79 Å². The Morgan fingerprint density at radius 2 is 1.91 bits per heavy atom. The molecule has 1 amide bonds. The smallest absolute Gasteiger partial charge is 0.338 e. The molecule has 2 aliphatic heterocycles. The van der Waals surface area contributed by atoms with Crippen molar-refractivity contribution in [3.05, 3.63) is 63.7 Å². The fourth-order valence-corrected chi connectivity index (χ4v) is 4.39. The second-order valence-corrected chi connectivity index (χ2v) is 8.83. The van der Waals surface area contributed by atoms with Gasteiger partial charge in [0.25, 0.3) is 11.5 Å². The predicted molar refractivity (Wildman–Crippen MR) is 127 cm³/mol. The number of aromatic nitrogens is 2. The second kappa shape index (κ2) is 9.77. The number of hydrogen-bond donors (Lipinski definition) is 1. The van der Waals surface area contributed by atoms with Crippen LogP contribution in [0, 0.1) is 0 Å². The van der Waals surface area contributed by atoms with Crippen molar-refractivity contribution in [2.24, 2.45) is 0 Å². The molecule has 0 aliphatic carbocycles. The molecule has 9 nitrogen and oxygen atoms in total. The Morgan fingerprint density at radius 3 is 2.80 bits per heavy atom. The lowest BCUT2D eigenvalue weighted by Crippen LogP contribution is -2.35. The molecule has 35 heavy (non-hydrogen) atoms. The van der Waals surface area contributed by atoms with Crippen molar-refractivity contribution >= 4 is 22.8 Å². The number of rotatable bonds is 5. The van der Waals surface area contributed by atoms with E-state index in [9.17, 15) is 14.4 Å². The van der Waals surface area contributed by atoms with E-state index >= 15 is 0 Å². The normalized spacial score (nSPS) is 15.6. The molecule has 0 saturated carbocycles. The predicted octanol–water partition coefficient (Wildman–Crippen LogP) is 3.10. The zero-order valence-corrected chi connectivity index (χ0v) is 19.5. The number of nitrogens with one attached hydrogen (secondary N) is 1. The Bertz CT molecular complexity index is 1350. The van der Waals surface area contributed by atoms with Crippen LogP contribution in [0.15, 0.2) is 41.2 Å². The van der Waals surface area contributed by atoms with Gasteiger partial charge in [0.1, 0.15) is 5.82 Å². The number of aryl methyl sites for hydroxylation is 1. The number of carbonyl (C=O) groups excluding carboxylic acids is 2. The van der Waals surface area contributed by atoms with Crippen LogP contribution in [-0.2, 0) is 29.0 Å². The van der Waals surface area contributed by atoms with Crippen LogP contribution >= 0.6 is 0 Å². The lowest BCUT2D eigenvalue weighted by molar-refractivity contribution is -0.129. The molecule has 3 aromatic rings. The number of nitrogens with zero attached hydrogens (tertiary/aromatic N) is 2. The molecule has 0 spiro atoms. The van der Waals surface area contributed by atoms with Gasteiger partial charge in [0.15, 0.2) is 17.6 Å². The number of carbonyl (C=O) groups is 2. The topological polar surface area (TPSA) is 109 Å². The Balaban J connectivity index is 1.25. The fourth-order valence-electron chi connectivity index (χ4n) is 4.39. The van der Waals surface area contributed by atoms with Crippen molar-refractivity contribution in [3.8, 4) is 11.5 Å². The zero-order valence-electron chi connectivity index (χ0n) is 19.5. The van der Waals surface area contributed by atoms with E-state index < -0.39 is 18.0 Å². The van der Waals surface area contributed by atoms with Crippen molar-refractivity contribution in [1.82, 2.24) is 14.9 Å². The first-order valence-electron chi connectivity index (χ1n) is 11.9. The molecule has 2 aliphatic rings. The van der Waals surface area contributed by atoms with E-state index in [0.717, 1.165) is 43.5 Å². The van der Waals surface area contributed by atoms with Gasteiger partial charge in [0.05, 0.1) is 16.5 Å². The first-order chi connectivity index (χ1) is 17.0. The average molecular weight is 478 g/mol. The molecule has 2 aromatic carbocycles. The Hall–Kier alpha value is -3.88. The highest BCUT2D eigenvalue weighted by molar-refractivity contribution is 5.95. The average Bonchev–Trinajstić information content (AvgIpc) is 3.31. The Kier molecular flexibility index (Phi) is 6.39. The summed E-state index contributed by atoms with van der Waals surface area (Å²) in [5.41, 5.74) is 1.47. The van der Waals surface area contributed by atoms with Crippen LogP contribution in [0.1, 0.15) is 54.4 Å². The minimum Gasteiger partial charge on any atom is -0.454 e. The number of esters is 1. The van der Waals surface area contributed by atoms with Gasteiger partial charge in [-0.15, -0.1) is 0 Å². The third-order valence-corrected chi connectivity index (χ3v) is 6.36. The van der Waals surface area contributed by atoms with Gasteiger partial charge in [-0.25, -0.2) is 9.78 Å². The minimum atomic E-state index is -0.999. The van der Waals surface area contributed by atoms with Gasteiger partial charge in [0, 0.05) is 19.5 Å². The third-order valence-electron chi connectivity index (χ3n) is 6.36. The van der Waals surface area contributed by atoms with Crippen molar-refractivity contribution < 1.29 is 23.8 Å². The summed E-state index contributed by atoms with van der Waals surface area (Å²) in [4.78, 5) is 42.9. The van der Waals surface area contributed by atoms with E-state index in [1.54, 1.807) is 34.9 Å². The standard InChI is InChI=1S/C26H27N3O6/c1-16(24(30)27-14-17-7-10-21-22(12-17)34-15-33-21)35-26(32)18-8-9-19-20(13-18)28-23-6-4-2-3-5-11-29(23)25(19)31/h7-10,12-13,16H,2-6,11,14-15H2,1H3,(H,27,30). The first-order valence-corrected chi connectivity index (χ1v) is 11.9.